The lowest BCUT2D eigenvalue weighted by Crippen LogP contribution is -2.19. The molecule has 2 aromatic rings. The smallest absolute Gasteiger partial charge is 0.323 e. The van der Waals surface area contributed by atoms with E-state index in [-0.39, 0.29) is 6.03 Å². The molecule has 2 aromatic carbocycles. The van der Waals surface area contributed by atoms with Crippen molar-refractivity contribution in [2.75, 3.05) is 16.4 Å². The average Bonchev–Trinajstić information content (AvgIpc) is 2.38. The highest BCUT2D eigenvalue weighted by Gasteiger charge is 2.05. The van der Waals surface area contributed by atoms with E-state index in [1.165, 1.54) is 0 Å². The van der Waals surface area contributed by atoms with Crippen molar-refractivity contribution in [3.63, 3.8) is 0 Å². The van der Waals surface area contributed by atoms with Crippen LogP contribution in [0, 0.1) is 6.92 Å². The van der Waals surface area contributed by atoms with Gasteiger partial charge in [0.1, 0.15) is 0 Å². The number of amides is 2. The minimum Gasteiger partial charge on any atom is -0.399 e. The fraction of sp³-hybridized carbons (Fsp3) is 0.0714. The number of carbonyl (C=O) groups is 1. The maximum Gasteiger partial charge on any atom is 0.323 e. The number of nitrogens with one attached hydrogen (secondary N) is 2. The van der Waals surface area contributed by atoms with Crippen molar-refractivity contribution in [2.45, 2.75) is 6.92 Å². The number of benzene rings is 2. The van der Waals surface area contributed by atoms with Crippen LogP contribution in [0.25, 0.3) is 0 Å². The lowest BCUT2D eigenvalue weighted by atomic mass is 10.2. The molecule has 0 spiro atoms. The van der Waals surface area contributed by atoms with E-state index in [0.717, 1.165) is 5.56 Å². The third-order valence-corrected chi connectivity index (χ3v) is 3.44. The molecule has 6 heteroatoms. The maximum atomic E-state index is 11.8. The monoisotopic (exact) mass is 309 g/mol. The fourth-order valence-electron chi connectivity index (χ4n) is 1.62. The molecule has 2 amide bonds. The van der Waals surface area contributed by atoms with Gasteiger partial charge in [-0.2, -0.15) is 0 Å². The van der Waals surface area contributed by atoms with Crippen LogP contribution in [0.3, 0.4) is 0 Å². The molecule has 0 unspecified atom stereocenters. The van der Waals surface area contributed by atoms with Crippen molar-refractivity contribution >= 4 is 46.3 Å². The molecule has 0 aliphatic carbocycles. The molecular weight excluding hydrogens is 297 g/mol. The van der Waals surface area contributed by atoms with Crippen molar-refractivity contribution in [1.29, 1.82) is 0 Å². The summed E-state index contributed by atoms with van der Waals surface area (Å²) in [4.78, 5) is 11.8. The van der Waals surface area contributed by atoms with E-state index >= 15 is 0 Å². The van der Waals surface area contributed by atoms with Gasteiger partial charge in [0.15, 0.2) is 0 Å². The normalized spacial score (nSPS) is 10.2. The molecule has 0 aliphatic heterocycles. The Kier molecular flexibility index (Phi) is 4.37. The minimum absolute atomic E-state index is 0.368. The van der Waals surface area contributed by atoms with E-state index in [9.17, 15) is 4.79 Å². The Morgan fingerprint density at radius 3 is 2.20 bits per heavy atom. The van der Waals surface area contributed by atoms with Gasteiger partial charge in [-0.15, -0.1) is 0 Å². The summed E-state index contributed by atoms with van der Waals surface area (Å²) < 4.78 is 0. The molecule has 0 bridgehead atoms. The largest absolute Gasteiger partial charge is 0.399 e. The molecule has 0 saturated carbocycles. The molecule has 0 saturated heterocycles. The van der Waals surface area contributed by atoms with Gasteiger partial charge in [0.2, 0.25) is 0 Å². The van der Waals surface area contributed by atoms with E-state index in [0.29, 0.717) is 27.1 Å². The average molecular weight is 310 g/mol. The van der Waals surface area contributed by atoms with Crippen LogP contribution in [0.1, 0.15) is 5.56 Å². The summed E-state index contributed by atoms with van der Waals surface area (Å²) in [5.74, 6) is 0. The van der Waals surface area contributed by atoms with Gasteiger partial charge in [-0.25, -0.2) is 4.79 Å². The molecule has 0 aliphatic rings. The van der Waals surface area contributed by atoms with Gasteiger partial charge in [-0.05, 0) is 48.9 Å². The summed E-state index contributed by atoms with van der Waals surface area (Å²) in [5.41, 5.74) is 8.52. The van der Waals surface area contributed by atoms with Crippen molar-refractivity contribution in [3.8, 4) is 0 Å². The number of carbonyl (C=O) groups excluding carboxylic acids is 1. The number of hydrogen-bond donors (Lipinski definition) is 3. The molecule has 0 radical (unpaired) electrons. The lowest BCUT2D eigenvalue weighted by molar-refractivity contribution is 0.262. The van der Waals surface area contributed by atoms with E-state index < -0.39 is 0 Å². The quantitative estimate of drug-likeness (QED) is 0.713. The van der Waals surface area contributed by atoms with Gasteiger partial charge in [-0.3, -0.25) is 0 Å². The van der Waals surface area contributed by atoms with Crippen LogP contribution < -0.4 is 16.4 Å². The molecule has 4 nitrogen and oxygen atoms in total. The predicted molar refractivity (Wildman–Crippen MR) is 84.7 cm³/mol. The van der Waals surface area contributed by atoms with Gasteiger partial charge in [-0.1, -0.05) is 23.2 Å². The Labute approximate surface area is 126 Å². The number of halogens is 2. The minimum atomic E-state index is -0.368. The number of urea groups is 1. The standard InChI is InChI=1S/C14H13Cl2N3O/c1-8-6-9(3-5-13(8)17)18-14(20)19-10-2-4-11(15)12(16)7-10/h2-7H,17H2,1H3,(H2,18,19,20). The number of nitrogen functional groups attached to an aromatic ring is 1. The summed E-state index contributed by atoms with van der Waals surface area (Å²) in [6.07, 6.45) is 0. The van der Waals surface area contributed by atoms with Crippen LogP contribution in [0.4, 0.5) is 21.9 Å². The second-order valence-electron chi connectivity index (χ2n) is 4.28. The fourth-order valence-corrected chi connectivity index (χ4v) is 1.92. The Balaban J connectivity index is 2.04. The zero-order valence-corrected chi connectivity index (χ0v) is 12.2. The topological polar surface area (TPSA) is 67.2 Å². The third kappa shape index (κ3) is 3.56. The molecule has 4 N–H and O–H groups in total. The Hall–Kier alpha value is -1.91. The number of nitrogens with two attached hydrogens (primary N) is 1. The predicted octanol–water partition coefficient (Wildman–Crippen LogP) is 4.53. The SMILES string of the molecule is Cc1cc(NC(=O)Nc2ccc(Cl)c(Cl)c2)ccc1N. The highest BCUT2D eigenvalue weighted by Crippen LogP contribution is 2.25. The summed E-state index contributed by atoms with van der Waals surface area (Å²) in [6, 6.07) is 9.77. The summed E-state index contributed by atoms with van der Waals surface area (Å²) in [6.45, 7) is 1.87. The molecule has 104 valence electrons. The lowest BCUT2D eigenvalue weighted by Gasteiger charge is -2.09. The van der Waals surface area contributed by atoms with Crippen LogP contribution in [-0.2, 0) is 0 Å². The van der Waals surface area contributed by atoms with E-state index in [1.54, 1.807) is 36.4 Å². The van der Waals surface area contributed by atoms with E-state index in [1.807, 2.05) is 6.92 Å². The first kappa shape index (κ1) is 14.5. The molecule has 0 aromatic heterocycles. The number of aryl methyl sites for hydroxylation is 1. The zero-order valence-electron chi connectivity index (χ0n) is 10.7. The first-order valence-corrected chi connectivity index (χ1v) is 6.60. The first-order chi connectivity index (χ1) is 9.45. The van der Waals surface area contributed by atoms with Gasteiger partial charge in [0, 0.05) is 17.1 Å². The molecule has 0 atom stereocenters. The van der Waals surface area contributed by atoms with Crippen molar-refractivity contribution in [2.24, 2.45) is 0 Å². The van der Waals surface area contributed by atoms with Crippen LogP contribution >= 0.6 is 23.2 Å². The van der Waals surface area contributed by atoms with Crippen LogP contribution in [0.15, 0.2) is 36.4 Å². The van der Waals surface area contributed by atoms with Crippen LogP contribution in [0.2, 0.25) is 10.0 Å². The van der Waals surface area contributed by atoms with Gasteiger partial charge < -0.3 is 16.4 Å². The van der Waals surface area contributed by atoms with Gasteiger partial charge in [0.25, 0.3) is 0 Å². The zero-order chi connectivity index (χ0) is 14.7. The van der Waals surface area contributed by atoms with Crippen molar-refractivity contribution in [3.05, 3.63) is 52.0 Å². The van der Waals surface area contributed by atoms with Gasteiger partial charge in [0.05, 0.1) is 10.0 Å². The Bertz CT molecular complexity index is 603. The van der Waals surface area contributed by atoms with E-state index in [4.69, 9.17) is 28.9 Å². The molecule has 0 heterocycles. The maximum absolute atomic E-state index is 11.8. The van der Waals surface area contributed by atoms with Crippen molar-refractivity contribution < 1.29 is 4.79 Å². The highest BCUT2D eigenvalue weighted by molar-refractivity contribution is 6.42. The number of hydrogen-bond acceptors (Lipinski definition) is 2. The Morgan fingerprint density at radius 1 is 1.00 bits per heavy atom. The first-order valence-electron chi connectivity index (χ1n) is 5.85. The molecule has 2 rings (SSSR count). The summed E-state index contributed by atoms with van der Waals surface area (Å²) >= 11 is 11.7. The summed E-state index contributed by atoms with van der Waals surface area (Å²) in [5, 5.41) is 6.20. The summed E-state index contributed by atoms with van der Waals surface area (Å²) in [7, 11) is 0. The molecular formula is C14H13Cl2N3O. The van der Waals surface area contributed by atoms with Gasteiger partial charge >= 0.3 is 6.03 Å². The highest BCUT2D eigenvalue weighted by atomic mass is 35.5. The second kappa shape index (κ2) is 6.03. The third-order valence-electron chi connectivity index (χ3n) is 2.71. The van der Waals surface area contributed by atoms with Crippen molar-refractivity contribution in [1.82, 2.24) is 0 Å². The molecule has 20 heavy (non-hydrogen) atoms. The van der Waals surface area contributed by atoms with Crippen LogP contribution in [-0.4, -0.2) is 6.03 Å². The van der Waals surface area contributed by atoms with E-state index in [2.05, 4.69) is 10.6 Å². The Morgan fingerprint density at radius 2 is 1.60 bits per heavy atom. The molecule has 0 fully saturated rings. The number of rotatable bonds is 2. The van der Waals surface area contributed by atoms with Crippen LogP contribution in [0.5, 0.6) is 0 Å². The number of anilines is 3. The second-order valence-corrected chi connectivity index (χ2v) is 5.09.